The van der Waals surface area contributed by atoms with Crippen LogP contribution < -0.4 is 5.32 Å². The molecule has 2 rings (SSSR count). The molecule has 2 N–H and O–H groups in total. The Kier molecular flexibility index (Phi) is 4.03. The van der Waals surface area contributed by atoms with Gasteiger partial charge in [-0.3, -0.25) is 0 Å². The second-order valence-electron chi connectivity index (χ2n) is 5.80. The summed E-state index contributed by atoms with van der Waals surface area (Å²) in [5, 5.41) is 12.9. The summed E-state index contributed by atoms with van der Waals surface area (Å²) in [5.74, 6) is -0.894. The molecule has 110 valence electrons. The summed E-state index contributed by atoms with van der Waals surface area (Å²) in [6, 6.07) is 13.6. The van der Waals surface area contributed by atoms with Crippen molar-refractivity contribution in [2.75, 3.05) is 5.32 Å². The lowest BCUT2D eigenvalue weighted by Gasteiger charge is -2.29. The largest absolute Gasteiger partial charge is 0.479 e. The summed E-state index contributed by atoms with van der Waals surface area (Å²) in [4.78, 5) is 11.9. The number of hydrogen-bond acceptors (Lipinski definition) is 2. The Hall–Kier alpha value is -2.29. The van der Waals surface area contributed by atoms with Crippen LogP contribution in [0.25, 0.3) is 0 Å². The molecule has 0 radical (unpaired) electrons. The van der Waals surface area contributed by atoms with Crippen LogP contribution in [-0.2, 0) is 10.3 Å². The third-order valence-corrected chi connectivity index (χ3v) is 3.64. The number of rotatable bonds is 4. The van der Waals surface area contributed by atoms with E-state index in [1.54, 1.807) is 6.92 Å². The van der Waals surface area contributed by atoms with Crippen LogP contribution in [0.5, 0.6) is 0 Å². The maximum atomic E-state index is 11.9. The molecule has 1 atom stereocenters. The van der Waals surface area contributed by atoms with E-state index in [-0.39, 0.29) is 0 Å². The summed E-state index contributed by atoms with van der Waals surface area (Å²) < 4.78 is 0. The third kappa shape index (κ3) is 3.24. The van der Waals surface area contributed by atoms with E-state index in [4.69, 9.17) is 0 Å². The Morgan fingerprint density at radius 2 is 1.62 bits per heavy atom. The predicted octanol–water partition coefficient (Wildman–Crippen LogP) is 4.02. The van der Waals surface area contributed by atoms with E-state index in [1.165, 1.54) is 0 Å². The number of anilines is 1. The van der Waals surface area contributed by atoms with Crippen LogP contribution in [-0.4, -0.2) is 11.1 Å². The fourth-order valence-electron chi connectivity index (χ4n) is 2.52. The fraction of sp³-hybridized carbons (Fsp3) is 0.278. The molecule has 3 heteroatoms. The van der Waals surface area contributed by atoms with Crippen LogP contribution in [0.3, 0.4) is 0 Å². The molecule has 2 aromatic rings. The van der Waals surface area contributed by atoms with Gasteiger partial charge in [-0.05, 0) is 51.0 Å². The van der Waals surface area contributed by atoms with E-state index >= 15 is 0 Å². The van der Waals surface area contributed by atoms with Gasteiger partial charge in [-0.25, -0.2) is 4.79 Å². The fourth-order valence-corrected chi connectivity index (χ4v) is 2.52. The second-order valence-corrected chi connectivity index (χ2v) is 5.80. The van der Waals surface area contributed by atoms with Crippen LogP contribution in [0, 0.1) is 20.8 Å². The minimum atomic E-state index is -1.16. The topological polar surface area (TPSA) is 49.3 Å². The van der Waals surface area contributed by atoms with E-state index in [9.17, 15) is 9.90 Å². The summed E-state index contributed by atoms with van der Waals surface area (Å²) in [6.45, 7) is 7.64. The molecule has 0 saturated heterocycles. The average Bonchev–Trinajstić information content (AvgIpc) is 2.37. The molecule has 0 aliphatic carbocycles. The van der Waals surface area contributed by atoms with E-state index in [2.05, 4.69) is 5.32 Å². The van der Waals surface area contributed by atoms with Gasteiger partial charge in [0, 0.05) is 5.69 Å². The highest BCUT2D eigenvalue weighted by Gasteiger charge is 2.35. The summed E-state index contributed by atoms with van der Waals surface area (Å²) in [5.41, 5.74) is 3.61. The van der Waals surface area contributed by atoms with E-state index in [1.807, 2.05) is 63.2 Å². The van der Waals surface area contributed by atoms with Crippen molar-refractivity contribution < 1.29 is 9.90 Å². The molecule has 2 aromatic carbocycles. The Morgan fingerprint density at radius 3 is 2.14 bits per heavy atom. The first-order valence-electron chi connectivity index (χ1n) is 6.98. The van der Waals surface area contributed by atoms with Crippen LogP contribution in [0.15, 0.2) is 42.5 Å². The minimum Gasteiger partial charge on any atom is -0.479 e. The second kappa shape index (κ2) is 5.60. The number of benzene rings is 2. The minimum absolute atomic E-state index is 0.758. The first kappa shape index (κ1) is 15.1. The third-order valence-electron chi connectivity index (χ3n) is 3.64. The van der Waals surface area contributed by atoms with Gasteiger partial charge in [0.2, 0.25) is 0 Å². The number of aryl methyl sites for hydroxylation is 3. The van der Waals surface area contributed by atoms with Gasteiger partial charge in [0.15, 0.2) is 5.54 Å². The number of nitrogens with one attached hydrogen (secondary N) is 1. The van der Waals surface area contributed by atoms with E-state index in [0.717, 1.165) is 27.9 Å². The quantitative estimate of drug-likeness (QED) is 0.891. The Bertz CT molecular complexity index is 658. The van der Waals surface area contributed by atoms with Gasteiger partial charge in [0.05, 0.1) is 0 Å². The maximum Gasteiger partial charge on any atom is 0.333 e. The SMILES string of the molecule is Cc1cccc(NC(C)(C(=O)O)c2cc(C)cc(C)c2)c1. The summed E-state index contributed by atoms with van der Waals surface area (Å²) in [7, 11) is 0. The molecule has 1 unspecified atom stereocenters. The number of carboxylic acid groups (broad SMARTS) is 1. The summed E-state index contributed by atoms with van der Waals surface area (Å²) in [6.07, 6.45) is 0. The zero-order valence-electron chi connectivity index (χ0n) is 12.9. The normalized spacial score (nSPS) is 13.5. The van der Waals surface area contributed by atoms with Crippen LogP contribution >= 0.6 is 0 Å². The van der Waals surface area contributed by atoms with Gasteiger partial charge < -0.3 is 10.4 Å². The van der Waals surface area contributed by atoms with Crippen molar-refractivity contribution in [1.29, 1.82) is 0 Å². The molecule has 0 amide bonds. The van der Waals surface area contributed by atoms with Gasteiger partial charge in [-0.1, -0.05) is 41.5 Å². The predicted molar refractivity (Wildman–Crippen MR) is 85.7 cm³/mol. The van der Waals surface area contributed by atoms with Crippen molar-refractivity contribution in [3.8, 4) is 0 Å². The highest BCUT2D eigenvalue weighted by Crippen LogP contribution is 2.28. The number of carboxylic acids is 1. The van der Waals surface area contributed by atoms with E-state index < -0.39 is 11.5 Å². The van der Waals surface area contributed by atoms with Crippen molar-refractivity contribution in [2.24, 2.45) is 0 Å². The number of aliphatic carboxylic acids is 1. The highest BCUT2D eigenvalue weighted by molar-refractivity contribution is 5.84. The molecule has 3 nitrogen and oxygen atoms in total. The van der Waals surface area contributed by atoms with Crippen LogP contribution in [0.1, 0.15) is 29.2 Å². The van der Waals surface area contributed by atoms with E-state index in [0.29, 0.717) is 0 Å². The van der Waals surface area contributed by atoms with Crippen molar-refractivity contribution in [3.05, 3.63) is 64.7 Å². The first-order chi connectivity index (χ1) is 9.81. The molecule has 0 aromatic heterocycles. The highest BCUT2D eigenvalue weighted by atomic mass is 16.4. The monoisotopic (exact) mass is 283 g/mol. The lowest BCUT2D eigenvalue weighted by Crippen LogP contribution is -2.40. The number of carbonyl (C=O) groups is 1. The maximum absolute atomic E-state index is 11.9. The van der Waals surface area contributed by atoms with Crippen LogP contribution in [0.2, 0.25) is 0 Å². The van der Waals surface area contributed by atoms with Crippen molar-refractivity contribution in [2.45, 2.75) is 33.2 Å². The zero-order valence-corrected chi connectivity index (χ0v) is 12.9. The van der Waals surface area contributed by atoms with Crippen LogP contribution in [0.4, 0.5) is 5.69 Å². The van der Waals surface area contributed by atoms with Gasteiger partial charge in [0.25, 0.3) is 0 Å². The molecule has 0 bridgehead atoms. The molecule has 0 saturated carbocycles. The average molecular weight is 283 g/mol. The lowest BCUT2D eigenvalue weighted by atomic mass is 9.89. The molecule has 0 fully saturated rings. The smallest absolute Gasteiger partial charge is 0.333 e. The molecule has 21 heavy (non-hydrogen) atoms. The lowest BCUT2D eigenvalue weighted by molar-refractivity contribution is -0.142. The van der Waals surface area contributed by atoms with Crippen molar-refractivity contribution >= 4 is 11.7 Å². The van der Waals surface area contributed by atoms with Crippen molar-refractivity contribution in [3.63, 3.8) is 0 Å². The molecular weight excluding hydrogens is 262 g/mol. The number of hydrogen-bond donors (Lipinski definition) is 2. The molecule has 0 aliphatic heterocycles. The standard InChI is InChI=1S/C18H21NO2/c1-12-6-5-7-16(11-12)19-18(4,17(20)21)15-9-13(2)8-14(3)10-15/h5-11,19H,1-4H3,(H,20,21). The first-order valence-corrected chi connectivity index (χ1v) is 6.98. The Balaban J connectivity index is 2.47. The zero-order chi connectivity index (χ0) is 15.6. The Labute approximate surface area is 125 Å². The van der Waals surface area contributed by atoms with Gasteiger partial charge in [0.1, 0.15) is 0 Å². The summed E-state index contributed by atoms with van der Waals surface area (Å²) >= 11 is 0. The van der Waals surface area contributed by atoms with Gasteiger partial charge in [-0.15, -0.1) is 0 Å². The molecule has 0 aliphatic rings. The van der Waals surface area contributed by atoms with Gasteiger partial charge >= 0.3 is 5.97 Å². The molecular formula is C18H21NO2. The van der Waals surface area contributed by atoms with Crippen molar-refractivity contribution in [1.82, 2.24) is 0 Å². The van der Waals surface area contributed by atoms with Gasteiger partial charge in [-0.2, -0.15) is 0 Å². The molecule has 0 heterocycles. The molecule has 0 spiro atoms. The Morgan fingerprint density at radius 1 is 1.00 bits per heavy atom.